The van der Waals surface area contributed by atoms with Crippen molar-refractivity contribution in [2.45, 2.75) is 13.8 Å². The fourth-order valence-corrected chi connectivity index (χ4v) is 1.37. The van der Waals surface area contributed by atoms with E-state index in [1.54, 1.807) is 0 Å². The fraction of sp³-hybridized carbons (Fsp3) is 0.385. The average molecular weight is 242 g/mol. The first-order chi connectivity index (χ1) is 7.24. The van der Waals surface area contributed by atoms with Crippen LogP contribution in [0.4, 0.5) is 0 Å². The maximum Gasteiger partial charge on any atom is 0.122 e. The number of hydrogen-bond acceptors (Lipinski definition) is 2. The van der Waals surface area contributed by atoms with E-state index in [9.17, 15) is 0 Å². The van der Waals surface area contributed by atoms with Gasteiger partial charge in [0, 0.05) is 6.54 Å². The third-order valence-electron chi connectivity index (χ3n) is 2.15. The second-order valence-electron chi connectivity index (χ2n) is 3.61. The van der Waals surface area contributed by atoms with E-state index >= 15 is 0 Å². The summed E-state index contributed by atoms with van der Waals surface area (Å²) in [5.74, 6) is 0.967. The molecule has 0 saturated heterocycles. The minimum Gasteiger partial charge on any atom is -0.489 e. The zero-order valence-electron chi connectivity index (χ0n) is 10.1. The molecule has 1 N–H and O–H groups in total. The Morgan fingerprint density at radius 1 is 1.25 bits per heavy atom. The molecule has 0 fully saturated rings. The molecular formula is C13H20ClNO. The Balaban J connectivity index is 0.00000225. The summed E-state index contributed by atoms with van der Waals surface area (Å²) in [5, 5.41) is 3.04. The van der Waals surface area contributed by atoms with Gasteiger partial charge in [0.2, 0.25) is 0 Å². The summed E-state index contributed by atoms with van der Waals surface area (Å²) < 4.78 is 5.62. The zero-order chi connectivity index (χ0) is 11.1. The van der Waals surface area contributed by atoms with Gasteiger partial charge in [-0.1, -0.05) is 29.8 Å². The van der Waals surface area contributed by atoms with Gasteiger partial charge in [-0.05, 0) is 32.5 Å². The van der Waals surface area contributed by atoms with Gasteiger partial charge >= 0.3 is 0 Å². The molecular weight excluding hydrogens is 222 g/mol. The molecule has 3 heteroatoms. The highest BCUT2D eigenvalue weighted by Crippen LogP contribution is 2.18. The number of nitrogens with one attached hydrogen (secondary N) is 1. The SMILES string of the molecule is CNCC=CCOc1ccc(C)cc1C.Cl. The number of ether oxygens (including phenoxy) is 1. The van der Waals surface area contributed by atoms with Crippen LogP contribution >= 0.6 is 12.4 Å². The molecule has 0 aliphatic rings. The largest absolute Gasteiger partial charge is 0.489 e. The highest BCUT2D eigenvalue weighted by molar-refractivity contribution is 5.85. The highest BCUT2D eigenvalue weighted by Gasteiger charge is 1.97. The van der Waals surface area contributed by atoms with Crippen molar-refractivity contribution in [3.8, 4) is 5.75 Å². The molecule has 0 bridgehead atoms. The topological polar surface area (TPSA) is 21.3 Å². The second kappa shape index (κ2) is 8.20. The molecule has 0 heterocycles. The Morgan fingerprint density at radius 2 is 2.00 bits per heavy atom. The van der Waals surface area contributed by atoms with Crippen molar-refractivity contribution in [2.75, 3.05) is 20.2 Å². The minimum absolute atomic E-state index is 0. The molecule has 90 valence electrons. The van der Waals surface area contributed by atoms with Crippen LogP contribution in [0.25, 0.3) is 0 Å². The van der Waals surface area contributed by atoms with Gasteiger partial charge in [-0.3, -0.25) is 0 Å². The first-order valence-corrected chi connectivity index (χ1v) is 5.23. The summed E-state index contributed by atoms with van der Waals surface area (Å²) >= 11 is 0. The van der Waals surface area contributed by atoms with E-state index in [0.29, 0.717) is 6.61 Å². The zero-order valence-corrected chi connectivity index (χ0v) is 10.9. The summed E-state index contributed by atoms with van der Waals surface area (Å²) in [7, 11) is 1.93. The number of hydrogen-bond donors (Lipinski definition) is 1. The van der Waals surface area contributed by atoms with Gasteiger partial charge in [0.05, 0.1) is 0 Å². The van der Waals surface area contributed by atoms with Gasteiger partial charge in [0.25, 0.3) is 0 Å². The van der Waals surface area contributed by atoms with E-state index in [4.69, 9.17) is 4.74 Å². The van der Waals surface area contributed by atoms with Crippen molar-refractivity contribution in [3.05, 3.63) is 41.5 Å². The molecule has 0 atom stereocenters. The molecule has 0 aliphatic carbocycles. The molecule has 1 aromatic rings. The number of benzene rings is 1. The minimum atomic E-state index is 0. The van der Waals surface area contributed by atoms with Gasteiger partial charge < -0.3 is 10.1 Å². The van der Waals surface area contributed by atoms with Crippen LogP contribution < -0.4 is 10.1 Å². The average Bonchev–Trinajstić information content (AvgIpc) is 2.20. The molecule has 2 nitrogen and oxygen atoms in total. The molecule has 0 aromatic heterocycles. The van der Waals surface area contributed by atoms with Crippen LogP contribution in [0.2, 0.25) is 0 Å². The van der Waals surface area contributed by atoms with Gasteiger partial charge in [-0.25, -0.2) is 0 Å². The lowest BCUT2D eigenvalue weighted by atomic mass is 10.1. The lowest BCUT2D eigenvalue weighted by molar-refractivity contribution is 0.360. The van der Waals surface area contributed by atoms with Crippen LogP contribution in [0, 0.1) is 13.8 Å². The first kappa shape index (κ1) is 15.0. The van der Waals surface area contributed by atoms with Gasteiger partial charge in [-0.2, -0.15) is 0 Å². The van der Waals surface area contributed by atoms with Gasteiger partial charge in [-0.15, -0.1) is 12.4 Å². The Hall–Kier alpha value is -0.990. The van der Waals surface area contributed by atoms with Crippen LogP contribution in [0.15, 0.2) is 30.4 Å². The smallest absolute Gasteiger partial charge is 0.122 e. The predicted octanol–water partition coefficient (Wildman–Crippen LogP) is 2.88. The standard InChI is InChI=1S/C13H19NO.ClH/c1-11-6-7-13(12(2)10-11)15-9-5-4-8-14-3;/h4-7,10,14H,8-9H2,1-3H3;1H. The van der Waals surface area contributed by atoms with Crippen molar-refractivity contribution >= 4 is 12.4 Å². The number of halogens is 1. The molecule has 16 heavy (non-hydrogen) atoms. The van der Waals surface area contributed by atoms with Gasteiger partial charge in [0.15, 0.2) is 0 Å². The third kappa shape index (κ3) is 5.19. The van der Waals surface area contributed by atoms with E-state index in [1.165, 1.54) is 11.1 Å². The summed E-state index contributed by atoms with van der Waals surface area (Å²) in [6, 6.07) is 6.23. The quantitative estimate of drug-likeness (QED) is 0.801. The van der Waals surface area contributed by atoms with Crippen molar-refractivity contribution in [2.24, 2.45) is 0 Å². The lowest BCUT2D eigenvalue weighted by Gasteiger charge is -2.07. The number of aryl methyl sites for hydroxylation is 2. The molecule has 0 unspecified atom stereocenters. The van der Waals surface area contributed by atoms with Crippen molar-refractivity contribution in [1.29, 1.82) is 0 Å². The first-order valence-electron chi connectivity index (χ1n) is 5.23. The molecule has 0 amide bonds. The van der Waals surface area contributed by atoms with Gasteiger partial charge in [0.1, 0.15) is 12.4 Å². The van der Waals surface area contributed by atoms with Crippen LogP contribution in [0.5, 0.6) is 5.75 Å². The van der Waals surface area contributed by atoms with E-state index in [2.05, 4.69) is 37.4 Å². The van der Waals surface area contributed by atoms with Crippen LogP contribution in [-0.2, 0) is 0 Å². The van der Waals surface area contributed by atoms with Crippen molar-refractivity contribution < 1.29 is 4.74 Å². The summed E-state index contributed by atoms with van der Waals surface area (Å²) in [6.45, 7) is 5.67. The monoisotopic (exact) mass is 241 g/mol. The van der Waals surface area contributed by atoms with Crippen molar-refractivity contribution in [3.63, 3.8) is 0 Å². The van der Waals surface area contributed by atoms with Crippen LogP contribution in [-0.4, -0.2) is 20.2 Å². The normalized spacial score (nSPS) is 10.2. The highest BCUT2D eigenvalue weighted by atomic mass is 35.5. The van der Waals surface area contributed by atoms with Crippen LogP contribution in [0.3, 0.4) is 0 Å². The van der Waals surface area contributed by atoms with E-state index in [0.717, 1.165) is 12.3 Å². The summed E-state index contributed by atoms with van der Waals surface area (Å²) in [6.07, 6.45) is 4.08. The molecule has 0 spiro atoms. The Bertz CT molecular complexity index is 337. The Labute approximate surface area is 104 Å². The predicted molar refractivity (Wildman–Crippen MR) is 71.7 cm³/mol. The lowest BCUT2D eigenvalue weighted by Crippen LogP contribution is -2.04. The van der Waals surface area contributed by atoms with E-state index in [1.807, 2.05) is 19.2 Å². The summed E-state index contributed by atoms with van der Waals surface area (Å²) in [4.78, 5) is 0. The van der Waals surface area contributed by atoms with Crippen molar-refractivity contribution in [1.82, 2.24) is 5.32 Å². The van der Waals surface area contributed by atoms with Crippen LogP contribution in [0.1, 0.15) is 11.1 Å². The number of likely N-dealkylation sites (N-methyl/N-ethyl adjacent to an activating group) is 1. The second-order valence-corrected chi connectivity index (χ2v) is 3.61. The maximum atomic E-state index is 5.62. The maximum absolute atomic E-state index is 5.62. The molecule has 1 rings (SSSR count). The molecule has 0 aliphatic heterocycles. The van der Waals surface area contributed by atoms with E-state index in [-0.39, 0.29) is 12.4 Å². The molecule has 1 aromatic carbocycles. The third-order valence-corrected chi connectivity index (χ3v) is 2.15. The molecule has 0 radical (unpaired) electrons. The Kier molecular flexibility index (Phi) is 7.69. The summed E-state index contributed by atoms with van der Waals surface area (Å²) in [5.41, 5.74) is 2.46. The Morgan fingerprint density at radius 3 is 2.62 bits per heavy atom. The fourth-order valence-electron chi connectivity index (χ4n) is 1.37. The van der Waals surface area contributed by atoms with E-state index < -0.39 is 0 Å². The number of rotatable bonds is 5. The molecule has 0 saturated carbocycles.